The summed E-state index contributed by atoms with van der Waals surface area (Å²) < 4.78 is 3.01. The Labute approximate surface area is 130 Å². The van der Waals surface area contributed by atoms with Crippen molar-refractivity contribution in [2.75, 3.05) is 0 Å². The van der Waals surface area contributed by atoms with Crippen LogP contribution in [0.15, 0.2) is 16.7 Å². The van der Waals surface area contributed by atoms with Crippen LogP contribution in [-0.4, -0.2) is 16.5 Å². The van der Waals surface area contributed by atoms with E-state index in [0.29, 0.717) is 12.0 Å². The number of nitrogens with zero attached hydrogens (tertiary/aromatic N) is 1. The fraction of sp³-hybridized carbons (Fsp3) is 0.688. The van der Waals surface area contributed by atoms with Gasteiger partial charge < -0.3 is 9.88 Å². The Morgan fingerprint density at radius 2 is 2.20 bits per heavy atom. The summed E-state index contributed by atoms with van der Waals surface area (Å²) in [6, 6.07) is 2.25. The van der Waals surface area contributed by atoms with E-state index >= 15 is 0 Å². The van der Waals surface area contributed by atoms with Crippen LogP contribution in [0, 0.1) is 11.8 Å². The summed E-state index contributed by atoms with van der Waals surface area (Å²) >= 11 is 3.47. The largest absolute Gasteiger partial charge is 0.348 e. The Morgan fingerprint density at radius 3 is 2.80 bits per heavy atom. The third kappa shape index (κ3) is 3.27. The van der Waals surface area contributed by atoms with Crippen LogP contribution < -0.4 is 5.32 Å². The SMILES string of the molecule is CCCn1cc(Br)cc1C(=O)NC1CCC(CC)C1C. The van der Waals surface area contributed by atoms with E-state index in [-0.39, 0.29) is 5.91 Å². The molecule has 1 saturated carbocycles. The van der Waals surface area contributed by atoms with Crippen LogP contribution in [0.2, 0.25) is 0 Å². The van der Waals surface area contributed by atoms with Crippen LogP contribution in [-0.2, 0) is 6.54 Å². The number of carbonyl (C=O) groups excluding carboxylic acids is 1. The first-order valence-corrected chi connectivity index (χ1v) is 8.52. The summed E-state index contributed by atoms with van der Waals surface area (Å²) in [6.45, 7) is 7.52. The minimum absolute atomic E-state index is 0.0674. The molecule has 1 aliphatic carbocycles. The van der Waals surface area contributed by atoms with Crippen molar-refractivity contribution in [2.24, 2.45) is 11.8 Å². The second-order valence-electron chi connectivity index (χ2n) is 5.92. The van der Waals surface area contributed by atoms with E-state index in [1.165, 1.54) is 12.8 Å². The van der Waals surface area contributed by atoms with Gasteiger partial charge in [0.15, 0.2) is 0 Å². The van der Waals surface area contributed by atoms with Crippen molar-refractivity contribution in [3.63, 3.8) is 0 Å². The lowest BCUT2D eigenvalue weighted by molar-refractivity contribution is 0.0917. The number of amides is 1. The first-order valence-electron chi connectivity index (χ1n) is 7.73. The molecular weight excluding hydrogens is 316 g/mol. The molecular formula is C16H25BrN2O. The molecule has 1 aromatic heterocycles. The van der Waals surface area contributed by atoms with E-state index in [2.05, 4.69) is 42.0 Å². The fourth-order valence-electron chi connectivity index (χ4n) is 3.36. The number of carbonyl (C=O) groups is 1. The Balaban J connectivity index is 2.05. The standard InChI is InChI=1S/C16H25BrN2O/c1-4-8-19-10-13(17)9-15(19)16(20)18-14-7-6-12(5-2)11(14)3/h9-12,14H,4-8H2,1-3H3,(H,18,20). The lowest BCUT2D eigenvalue weighted by Gasteiger charge is -2.21. The molecule has 112 valence electrons. The Hall–Kier alpha value is -0.770. The van der Waals surface area contributed by atoms with Gasteiger partial charge in [-0.05, 0) is 53.1 Å². The number of aromatic nitrogens is 1. The summed E-state index contributed by atoms with van der Waals surface area (Å²) in [4.78, 5) is 12.5. The molecule has 1 aromatic rings. The zero-order chi connectivity index (χ0) is 14.7. The zero-order valence-electron chi connectivity index (χ0n) is 12.7. The number of aryl methyl sites for hydroxylation is 1. The van der Waals surface area contributed by atoms with Crippen LogP contribution >= 0.6 is 15.9 Å². The summed E-state index contributed by atoms with van der Waals surface area (Å²) in [5.41, 5.74) is 0.769. The number of hydrogen-bond acceptors (Lipinski definition) is 1. The summed E-state index contributed by atoms with van der Waals surface area (Å²) in [5, 5.41) is 3.24. The number of nitrogens with one attached hydrogen (secondary N) is 1. The summed E-state index contributed by atoms with van der Waals surface area (Å²) in [5.74, 6) is 1.41. The molecule has 3 nitrogen and oxygen atoms in total. The second-order valence-corrected chi connectivity index (χ2v) is 6.84. The van der Waals surface area contributed by atoms with E-state index in [1.54, 1.807) is 0 Å². The summed E-state index contributed by atoms with van der Waals surface area (Å²) in [7, 11) is 0. The minimum atomic E-state index is 0.0674. The van der Waals surface area contributed by atoms with Gasteiger partial charge in [-0.2, -0.15) is 0 Å². The van der Waals surface area contributed by atoms with Gasteiger partial charge in [0.1, 0.15) is 5.69 Å². The molecule has 0 bridgehead atoms. The smallest absolute Gasteiger partial charge is 0.268 e. The average molecular weight is 341 g/mol. The van der Waals surface area contributed by atoms with Gasteiger partial charge >= 0.3 is 0 Å². The van der Waals surface area contributed by atoms with Gasteiger partial charge in [-0.15, -0.1) is 0 Å². The molecule has 2 rings (SSSR count). The van der Waals surface area contributed by atoms with Crippen molar-refractivity contribution in [3.05, 3.63) is 22.4 Å². The van der Waals surface area contributed by atoms with Gasteiger partial charge in [-0.3, -0.25) is 4.79 Å². The van der Waals surface area contributed by atoms with Crippen LogP contribution in [0.5, 0.6) is 0 Å². The molecule has 0 aliphatic heterocycles. The topological polar surface area (TPSA) is 34.0 Å². The maximum atomic E-state index is 12.5. The first-order chi connectivity index (χ1) is 9.56. The number of rotatable bonds is 5. The first kappa shape index (κ1) is 15.6. The second kappa shape index (κ2) is 6.79. The highest BCUT2D eigenvalue weighted by Gasteiger charge is 2.32. The van der Waals surface area contributed by atoms with Gasteiger partial charge in [-0.1, -0.05) is 27.2 Å². The predicted octanol–water partition coefficient (Wildman–Crippen LogP) is 4.22. The lowest BCUT2D eigenvalue weighted by atomic mass is 9.93. The van der Waals surface area contributed by atoms with Crippen LogP contribution in [0.3, 0.4) is 0 Å². The van der Waals surface area contributed by atoms with Crippen molar-refractivity contribution in [1.29, 1.82) is 0 Å². The highest BCUT2D eigenvalue weighted by atomic mass is 79.9. The van der Waals surface area contributed by atoms with Gasteiger partial charge in [0, 0.05) is 23.3 Å². The molecule has 0 saturated heterocycles. The minimum Gasteiger partial charge on any atom is -0.348 e. The molecule has 1 N–H and O–H groups in total. The highest BCUT2D eigenvalue weighted by molar-refractivity contribution is 9.10. The fourth-order valence-corrected chi connectivity index (χ4v) is 3.82. The van der Waals surface area contributed by atoms with Crippen LogP contribution in [0.4, 0.5) is 0 Å². The Kier molecular flexibility index (Phi) is 5.30. The van der Waals surface area contributed by atoms with Gasteiger partial charge in [0.25, 0.3) is 5.91 Å². The Bertz CT molecular complexity index is 469. The van der Waals surface area contributed by atoms with Crippen molar-refractivity contribution in [1.82, 2.24) is 9.88 Å². The zero-order valence-corrected chi connectivity index (χ0v) is 14.2. The third-order valence-corrected chi connectivity index (χ3v) is 5.06. The van der Waals surface area contributed by atoms with Crippen molar-refractivity contribution in [3.8, 4) is 0 Å². The third-order valence-electron chi connectivity index (χ3n) is 4.63. The van der Waals surface area contributed by atoms with Crippen molar-refractivity contribution < 1.29 is 4.79 Å². The van der Waals surface area contributed by atoms with Crippen molar-refractivity contribution >= 4 is 21.8 Å². The molecule has 0 aromatic carbocycles. The molecule has 1 heterocycles. The maximum Gasteiger partial charge on any atom is 0.268 e. The average Bonchev–Trinajstić information content (AvgIpc) is 2.94. The van der Waals surface area contributed by atoms with E-state index in [0.717, 1.165) is 35.5 Å². The van der Waals surface area contributed by atoms with E-state index in [9.17, 15) is 4.79 Å². The molecule has 1 fully saturated rings. The molecule has 0 radical (unpaired) electrons. The predicted molar refractivity (Wildman–Crippen MR) is 85.9 cm³/mol. The monoisotopic (exact) mass is 340 g/mol. The maximum absolute atomic E-state index is 12.5. The van der Waals surface area contributed by atoms with Crippen LogP contribution in [0.25, 0.3) is 0 Å². The van der Waals surface area contributed by atoms with E-state index in [4.69, 9.17) is 0 Å². The summed E-state index contributed by atoms with van der Waals surface area (Å²) in [6.07, 6.45) is 6.58. The quantitative estimate of drug-likeness (QED) is 0.855. The van der Waals surface area contributed by atoms with Crippen LogP contribution in [0.1, 0.15) is 56.9 Å². The van der Waals surface area contributed by atoms with Crippen molar-refractivity contribution in [2.45, 2.75) is 59.0 Å². The molecule has 3 unspecified atom stereocenters. The molecule has 1 aliphatic rings. The van der Waals surface area contributed by atoms with E-state index < -0.39 is 0 Å². The van der Waals surface area contributed by atoms with Gasteiger partial charge in [0.2, 0.25) is 0 Å². The normalized spacial score (nSPS) is 25.9. The lowest BCUT2D eigenvalue weighted by Crippen LogP contribution is -2.38. The number of halogens is 1. The molecule has 4 heteroatoms. The van der Waals surface area contributed by atoms with E-state index in [1.807, 2.05) is 16.8 Å². The molecule has 0 spiro atoms. The highest BCUT2D eigenvalue weighted by Crippen LogP contribution is 2.34. The number of hydrogen-bond donors (Lipinski definition) is 1. The van der Waals surface area contributed by atoms with Gasteiger partial charge in [-0.25, -0.2) is 0 Å². The molecule has 20 heavy (non-hydrogen) atoms. The Morgan fingerprint density at radius 1 is 1.45 bits per heavy atom. The molecule has 3 atom stereocenters. The van der Waals surface area contributed by atoms with Gasteiger partial charge in [0.05, 0.1) is 0 Å². The molecule has 1 amide bonds.